The minimum absolute atomic E-state index is 0.231. The van der Waals surface area contributed by atoms with E-state index in [1.54, 1.807) is 6.92 Å². The molecule has 0 unspecified atom stereocenters. The van der Waals surface area contributed by atoms with Crippen LogP contribution in [0.5, 0.6) is 0 Å². The van der Waals surface area contributed by atoms with E-state index in [1.165, 1.54) is 0 Å². The molecule has 138 valence electrons. The highest BCUT2D eigenvalue weighted by molar-refractivity contribution is 6.10. The molecule has 0 saturated carbocycles. The van der Waals surface area contributed by atoms with Crippen LogP contribution in [0.15, 0.2) is 24.3 Å². The first kappa shape index (κ1) is 17.9. The third-order valence-electron chi connectivity index (χ3n) is 4.88. The number of nitrogens with one attached hydrogen (secondary N) is 2. The van der Waals surface area contributed by atoms with Gasteiger partial charge in [0.05, 0.1) is 0 Å². The number of carbonyl (C=O) groups is 4. The molecule has 0 spiro atoms. The largest absolute Gasteiger partial charge is 0.336 e. The Morgan fingerprint density at radius 3 is 2.35 bits per heavy atom. The number of imide groups is 2. The van der Waals surface area contributed by atoms with Gasteiger partial charge in [-0.3, -0.25) is 19.4 Å². The molecule has 2 aliphatic rings. The van der Waals surface area contributed by atoms with Gasteiger partial charge < -0.3 is 10.6 Å². The molecule has 1 aromatic rings. The average molecular weight is 358 g/mol. The summed E-state index contributed by atoms with van der Waals surface area (Å²) < 4.78 is 0. The van der Waals surface area contributed by atoms with Gasteiger partial charge in [0.15, 0.2) is 0 Å². The van der Waals surface area contributed by atoms with E-state index in [4.69, 9.17) is 0 Å². The van der Waals surface area contributed by atoms with Gasteiger partial charge in [0.2, 0.25) is 0 Å². The van der Waals surface area contributed by atoms with Crippen molar-refractivity contribution in [2.45, 2.75) is 32.2 Å². The highest BCUT2D eigenvalue weighted by atomic mass is 16.2. The summed E-state index contributed by atoms with van der Waals surface area (Å²) in [5, 5.41) is 5.18. The molecule has 26 heavy (non-hydrogen) atoms. The first-order valence-electron chi connectivity index (χ1n) is 8.57. The Bertz CT molecular complexity index is 774. The van der Waals surface area contributed by atoms with Gasteiger partial charge in [-0.15, -0.1) is 0 Å². The Balaban J connectivity index is 1.79. The normalized spacial score (nSPS) is 22.8. The highest BCUT2D eigenvalue weighted by Crippen LogP contribution is 2.30. The van der Waals surface area contributed by atoms with Gasteiger partial charge in [-0.1, -0.05) is 38.1 Å². The predicted molar refractivity (Wildman–Crippen MR) is 93.2 cm³/mol. The molecule has 0 bridgehead atoms. The molecule has 8 heteroatoms. The first-order chi connectivity index (χ1) is 12.2. The second kappa shape index (κ2) is 6.44. The van der Waals surface area contributed by atoms with Crippen molar-refractivity contribution in [1.82, 2.24) is 20.4 Å². The summed E-state index contributed by atoms with van der Waals surface area (Å²) in [5.41, 5.74) is 0.537. The van der Waals surface area contributed by atoms with Crippen molar-refractivity contribution >= 4 is 23.9 Å². The molecular weight excluding hydrogens is 336 g/mol. The zero-order valence-electron chi connectivity index (χ0n) is 15.0. The van der Waals surface area contributed by atoms with Crippen LogP contribution in [0.1, 0.15) is 37.8 Å². The van der Waals surface area contributed by atoms with E-state index in [9.17, 15) is 19.2 Å². The Labute approximate surface area is 151 Å². The molecular formula is C18H22N4O4. The van der Waals surface area contributed by atoms with E-state index < -0.39 is 36.0 Å². The Morgan fingerprint density at radius 2 is 1.81 bits per heavy atom. The lowest BCUT2D eigenvalue weighted by Gasteiger charge is -2.23. The van der Waals surface area contributed by atoms with Crippen LogP contribution in [-0.4, -0.2) is 53.3 Å². The summed E-state index contributed by atoms with van der Waals surface area (Å²) in [4.78, 5) is 50.9. The molecule has 0 aliphatic carbocycles. The van der Waals surface area contributed by atoms with Crippen molar-refractivity contribution in [3.05, 3.63) is 35.4 Å². The molecule has 2 saturated heterocycles. The smallest absolute Gasteiger partial charge is 0.325 e. The molecule has 2 fully saturated rings. The number of hydrogen-bond acceptors (Lipinski definition) is 4. The zero-order valence-corrected chi connectivity index (χ0v) is 15.0. The summed E-state index contributed by atoms with van der Waals surface area (Å²) in [5.74, 6) is -0.734. The number of hydrogen-bond donors (Lipinski definition) is 2. The van der Waals surface area contributed by atoms with Crippen molar-refractivity contribution in [2.24, 2.45) is 0 Å². The molecule has 2 heterocycles. The Kier molecular flexibility index (Phi) is 4.43. The maximum atomic E-state index is 12.9. The van der Waals surface area contributed by atoms with Gasteiger partial charge in [0.25, 0.3) is 11.8 Å². The van der Waals surface area contributed by atoms with Gasteiger partial charge in [-0.05, 0) is 24.0 Å². The zero-order chi connectivity index (χ0) is 19.1. The Hall–Kier alpha value is -2.90. The van der Waals surface area contributed by atoms with Gasteiger partial charge in [0, 0.05) is 13.1 Å². The van der Waals surface area contributed by atoms with Crippen LogP contribution in [0.25, 0.3) is 0 Å². The number of carbonyl (C=O) groups excluding carboxylic acids is 4. The van der Waals surface area contributed by atoms with Crippen molar-refractivity contribution in [3.63, 3.8) is 0 Å². The van der Waals surface area contributed by atoms with Gasteiger partial charge in [-0.2, -0.15) is 0 Å². The summed E-state index contributed by atoms with van der Waals surface area (Å²) in [7, 11) is 0. The van der Waals surface area contributed by atoms with Crippen molar-refractivity contribution in [1.29, 1.82) is 0 Å². The van der Waals surface area contributed by atoms with E-state index in [0.717, 1.165) is 15.4 Å². The van der Waals surface area contributed by atoms with Gasteiger partial charge in [-0.25, -0.2) is 9.59 Å². The molecule has 8 nitrogen and oxygen atoms in total. The van der Waals surface area contributed by atoms with Crippen molar-refractivity contribution in [2.75, 3.05) is 19.6 Å². The lowest BCUT2D eigenvalue weighted by Crippen LogP contribution is -2.45. The lowest BCUT2D eigenvalue weighted by atomic mass is 9.90. The molecule has 1 aromatic carbocycles. The van der Waals surface area contributed by atoms with Crippen LogP contribution < -0.4 is 10.6 Å². The van der Waals surface area contributed by atoms with Crippen LogP contribution in [0.2, 0.25) is 0 Å². The van der Waals surface area contributed by atoms with E-state index in [2.05, 4.69) is 24.5 Å². The second-order valence-corrected chi connectivity index (χ2v) is 7.00. The number of nitrogens with zero attached hydrogens (tertiary/aromatic N) is 2. The van der Waals surface area contributed by atoms with E-state index in [-0.39, 0.29) is 6.54 Å². The molecule has 2 aliphatic heterocycles. The topological polar surface area (TPSA) is 98.8 Å². The SMILES string of the molecule is CC(C)c1ccc([C@]2(C)NC(=O)N(CC(=O)N3CCNC3=O)C2=O)cc1. The van der Waals surface area contributed by atoms with Crippen LogP contribution >= 0.6 is 0 Å². The quantitative estimate of drug-likeness (QED) is 0.788. The van der Waals surface area contributed by atoms with E-state index in [1.807, 2.05) is 24.3 Å². The monoisotopic (exact) mass is 358 g/mol. The fourth-order valence-electron chi connectivity index (χ4n) is 3.17. The lowest BCUT2D eigenvalue weighted by molar-refractivity contribution is -0.137. The Morgan fingerprint density at radius 1 is 1.15 bits per heavy atom. The fraction of sp³-hybridized carbons (Fsp3) is 0.444. The number of benzene rings is 1. The minimum atomic E-state index is -1.24. The van der Waals surface area contributed by atoms with Crippen LogP contribution in [0.3, 0.4) is 0 Å². The van der Waals surface area contributed by atoms with Gasteiger partial charge in [0.1, 0.15) is 12.1 Å². The number of amides is 6. The maximum Gasteiger partial charge on any atom is 0.325 e. The minimum Gasteiger partial charge on any atom is -0.336 e. The highest BCUT2D eigenvalue weighted by Gasteiger charge is 2.50. The van der Waals surface area contributed by atoms with Gasteiger partial charge >= 0.3 is 12.1 Å². The maximum absolute atomic E-state index is 12.9. The predicted octanol–water partition coefficient (Wildman–Crippen LogP) is 1.13. The van der Waals surface area contributed by atoms with Crippen LogP contribution in [0, 0.1) is 0 Å². The summed E-state index contributed by atoms with van der Waals surface area (Å²) in [6.45, 7) is 5.89. The van der Waals surface area contributed by atoms with Crippen LogP contribution in [0.4, 0.5) is 9.59 Å². The summed E-state index contributed by atoms with van der Waals surface area (Å²) in [6, 6.07) is 6.33. The number of rotatable bonds is 4. The summed E-state index contributed by atoms with van der Waals surface area (Å²) >= 11 is 0. The van der Waals surface area contributed by atoms with Crippen molar-refractivity contribution < 1.29 is 19.2 Å². The fourth-order valence-corrected chi connectivity index (χ4v) is 3.17. The standard InChI is InChI=1S/C18H22N4O4/c1-11(2)12-4-6-13(7-5-12)18(3)15(24)22(17(26)20-18)10-14(23)21-9-8-19-16(21)25/h4-7,11H,8-10H2,1-3H3,(H,19,25)(H,20,26)/t18-/m0/s1. The van der Waals surface area contributed by atoms with E-state index >= 15 is 0 Å². The average Bonchev–Trinajstić information content (AvgIpc) is 3.12. The molecule has 2 N–H and O–H groups in total. The number of urea groups is 2. The molecule has 6 amide bonds. The molecule has 0 radical (unpaired) electrons. The molecule has 0 aromatic heterocycles. The third kappa shape index (κ3) is 2.91. The first-order valence-corrected chi connectivity index (χ1v) is 8.57. The van der Waals surface area contributed by atoms with Crippen molar-refractivity contribution in [3.8, 4) is 0 Å². The third-order valence-corrected chi connectivity index (χ3v) is 4.88. The van der Waals surface area contributed by atoms with E-state index in [0.29, 0.717) is 18.0 Å². The molecule has 1 atom stereocenters. The second-order valence-electron chi connectivity index (χ2n) is 7.00. The molecule has 3 rings (SSSR count). The summed E-state index contributed by atoms with van der Waals surface area (Å²) in [6.07, 6.45) is 0. The van der Waals surface area contributed by atoms with Crippen LogP contribution in [-0.2, 0) is 15.1 Å².